The molecular formula is C24H19Cl2N3O4S2. The van der Waals surface area contributed by atoms with Crippen molar-refractivity contribution in [2.75, 3.05) is 21.3 Å². The molecular weight excluding hydrogens is 529 g/mol. The van der Waals surface area contributed by atoms with E-state index in [4.69, 9.17) is 23.2 Å². The summed E-state index contributed by atoms with van der Waals surface area (Å²) in [6.07, 6.45) is 2.18. The summed E-state index contributed by atoms with van der Waals surface area (Å²) in [5.74, 6) is 0.0523. The van der Waals surface area contributed by atoms with Crippen LogP contribution < -0.4 is 9.03 Å². The number of nitrogens with one attached hydrogen (secondary N) is 1. The van der Waals surface area contributed by atoms with Gasteiger partial charge in [-0.25, -0.2) is 16.8 Å². The molecule has 11 heteroatoms. The third-order valence-electron chi connectivity index (χ3n) is 5.74. The molecule has 5 rings (SSSR count). The highest BCUT2D eigenvalue weighted by Crippen LogP contribution is 2.35. The smallest absolute Gasteiger partial charge is 0.263 e. The highest BCUT2D eigenvalue weighted by atomic mass is 35.5. The van der Waals surface area contributed by atoms with E-state index in [1.807, 2.05) is 30.3 Å². The lowest BCUT2D eigenvalue weighted by molar-refractivity contribution is 0.599. The first-order valence-electron chi connectivity index (χ1n) is 10.6. The molecule has 0 unspecified atom stereocenters. The first kappa shape index (κ1) is 23.9. The molecule has 7 nitrogen and oxygen atoms in total. The van der Waals surface area contributed by atoms with E-state index in [-0.39, 0.29) is 21.4 Å². The number of aromatic nitrogens is 1. The summed E-state index contributed by atoms with van der Waals surface area (Å²) < 4.78 is 54.5. The Balaban J connectivity index is 1.49. The van der Waals surface area contributed by atoms with E-state index in [0.717, 1.165) is 10.8 Å². The van der Waals surface area contributed by atoms with Gasteiger partial charge in [0.2, 0.25) is 10.0 Å². The summed E-state index contributed by atoms with van der Waals surface area (Å²) in [6.45, 7) is 0.332. The molecule has 0 spiro atoms. The van der Waals surface area contributed by atoms with Crippen LogP contribution in [0.25, 0.3) is 22.0 Å². The van der Waals surface area contributed by atoms with Crippen LogP contribution in [0.2, 0.25) is 10.0 Å². The quantitative estimate of drug-likeness (QED) is 0.353. The number of pyridine rings is 1. The number of rotatable bonds is 5. The number of anilines is 2. The number of hydrogen-bond acceptors (Lipinski definition) is 5. The minimum absolute atomic E-state index is 0.0523. The van der Waals surface area contributed by atoms with Crippen LogP contribution in [0.5, 0.6) is 0 Å². The molecule has 35 heavy (non-hydrogen) atoms. The van der Waals surface area contributed by atoms with E-state index >= 15 is 0 Å². The van der Waals surface area contributed by atoms with E-state index in [1.165, 1.54) is 22.5 Å². The molecule has 1 fully saturated rings. The lowest BCUT2D eigenvalue weighted by Crippen LogP contribution is -2.25. The molecule has 2 heterocycles. The van der Waals surface area contributed by atoms with E-state index < -0.39 is 20.0 Å². The number of fused-ring (bicyclic) bond motifs is 1. The van der Waals surface area contributed by atoms with Crippen LogP contribution in [0.4, 0.5) is 11.4 Å². The predicted molar refractivity (Wildman–Crippen MR) is 140 cm³/mol. The second-order valence-corrected chi connectivity index (χ2v) is 12.5. The van der Waals surface area contributed by atoms with Gasteiger partial charge in [-0.05, 0) is 54.3 Å². The van der Waals surface area contributed by atoms with Gasteiger partial charge in [-0.1, -0.05) is 47.5 Å². The van der Waals surface area contributed by atoms with Crippen molar-refractivity contribution in [3.05, 3.63) is 83.0 Å². The van der Waals surface area contributed by atoms with Crippen molar-refractivity contribution in [2.24, 2.45) is 0 Å². The minimum atomic E-state index is -4.08. The van der Waals surface area contributed by atoms with Gasteiger partial charge in [-0.15, -0.1) is 0 Å². The number of hydrogen-bond donors (Lipinski definition) is 1. The topological polar surface area (TPSA) is 96.4 Å². The number of nitrogens with zero attached hydrogens (tertiary/aromatic N) is 2. The summed E-state index contributed by atoms with van der Waals surface area (Å²) >= 11 is 12.8. The van der Waals surface area contributed by atoms with Crippen molar-refractivity contribution in [3.63, 3.8) is 0 Å². The molecule has 0 amide bonds. The average Bonchev–Trinajstić information content (AvgIpc) is 3.18. The number of sulfonamides is 2. The Morgan fingerprint density at radius 3 is 2.49 bits per heavy atom. The van der Waals surface area contributed by atoms with Crippen LogP contribution >= 0.6 is 23.2 Å². The van der Waals surface area contributed by atoms with Gasteiger partial charge < -0.3 is 0 Å². The second-order valence-electron chi connectivity index (χ2n) is 8.04. The molecule has 0 radical (unpaired) electrons. The maximum Gasteiger partial charge on any atom is 0.263 e. The third-order valence-corrected chi connectivity index (χ3v) is 9.80. The fraction of sp³-hybridized carbons (Fsp3) is 0.125. The third kappa shape index (κ3) is 4.56. The molecule has 3 aromatic carbocycles. The van der Waals surface area contributed by atoms with Crippen LogP contribution in [0, 0.1) is 0 Å². The van der Waals surface area contributed by atoms with Crippen LogP contribution in [0.15, 0.2) is 77.8 Å². The second kappa shape index (κ2) is 8.98. The zero-order valence-electron chi connectivity index (χ0n) is 18.1. The molecule has 1 saturated heterocycles. The zero-order chi connectivity index (χ0) is 24.8. The van der Waals surface area contributed by atoms with Gasteiger partial charge in [-0.3, -0.25) is 14.0 Å². The average molecular weight is 548 g/mol. The van der Waals surface area contributed by atoms with Crippen LogP contribution in [0.3, 0.4) is 0 Å². The van der Waals surface area contributed by atoms with Crippen molar-refractivity contribution in [1.82, 2.24) is 4.98 Å². The van der Waals surface area contributed by atoms with Gasteiger partial charge >= 0.3 is 0 Å². The zero-order valence-corrected chi connectivity index (χ0v) is 21.3. The Hall–Kier alpha value is -2.85. The Bertz CT molecular complexity index is 1670. The predicted octanol–water partition coefficient (Wildman–Crippen LogP) is 5.55. The summed E-state index contributed by atoms with van der Waals surface area (Å²) in [5, 5.41) is 2.20. The summed E-state index contributed by atoms with van der Waals surface area (Å²) in [6, 6.07) is 18.5. The first-order valence-corrected chi connectivity index (χ1v) is 14.5. The largest absolute Gasteiger partial charge is 0.280 e. The minimum Gasteiger partial charge on any atom is -0.280 e. The maximum absolute atomic E-state index is 13.2. The van der Waals surface area contributed by atoms with Gasteiger partial charge in [-0.2, -0.15) is 0 Å². The Kier molecular flexibility index (Phi) is 6.13. The van der Waals surface area contributed by atoms with Crippen molar-refractivity contribution in [1.29, 1.82) is 0 Å². The van der Waals surface area contributed by atoms with Crippen molar-refractivity contribution >= 4 is 65.4 Å². The summed E-state index contributed by atoms with van der Waals surface area (Å²) in [7, 11) is -7.49. The maximum atomic E-state index is 13.2. The highest BCUT2D eigenvalue weighted by molar-refractivity contribution is 7.93. The normalized spacial score (nSPS) is 15.4. The van der Waals surface area contributed by atoms with Gasteiger partial charge in [0, 0.05) is 29.4 Å². The van der Waals surface area contributed by atoms with Crippen LogP contribution in [-0.4, -0.2) is 34.1 Å². The monoisotopic (exact) mass is 547 g/mol. The highest BCUT2D eigenvalue weighted by Gasteiger charge is 2.29. The molecule has 1 aromatic heterocycles. The molecule has 0 aliphatic carbocycles. The van der Waals surface area contributed by atoms with Gasteiger partial charge in [0.25, 0.3) is 10.0 Å². The SMILES string of the molecule is O=S(=O)(Nc1ccc(Cl)c(-c2nccc3ccccc23)c1)c1ccc(N2CCCS2(=O)=O)cc1Cl. The molecule has 1 N–H and O–H groups in total. The van der Waals surface area contributed by atoms with E-state index in [9.17, 15) is 16.8 Å². The molecule has 1 aliphatic rings. The molecule has 0 saturated carbocycles. The van der Waals surface area contributed by atoms with Crippen molar-refractivity contribution < 1.29 is 16.8 Å². The lowest BCUT2D eigenvalue weighted by Gasteiger charge is -2.18. The number of benzene rings is 3. The molecule has 4 aromatic rings. The Morgan fingerprint density at radius 1 is 0.943 bits per heavy atom. The fourth-order valence-corrected chi connectivity index (χ4v) is 7.46. The van der Waals surface area contributed by atoms with Crippen molar-refractivity contribution in [2.45, 2.75) is 11.3 Å². The van der Waals surface area contributed by atoms with Gasteiger partial charge in [0.05, 0.1) is 27.2 Å². The summed E-state index contributed by atoms with van der Waals surface area (Å²) in [4.78, 5) is 4.30. The van der Waals surface area contributed by atoms with Crippen LogP contribution in [0.1, 0.15) is 6.42 Å². The fourth-order valence-electron chi connectivity index (χ4n) is 4.11. The molecule has 180 valence electrons. The lowest BCUT2D eigenvalue weighted by atomic mass is 10.0. The molecule has 0 bridgehead atoms. The van der Waals surface area contributed by atoms with Gasteiger partial charge in [0.15, 0.2) is 0 Å². The molecule has 0 atom stereocenters. The summed E-state index contributed by atoms with van der Waals surface area (Å²) in [5.41, 5.74) is 1.82. The Morgan fingerprint density at radius 2 is 1.74 bits per heavy atom. The van der Waals surface area contributed by atoms with Gasteiger partial charge in [0.1, 0.15) is 4.90 Å². The standard InChI is InChI=1S/C24H19Cl2N3O4S2/c25-21-8-6-17(14-20(21)24-19-5-2-1-4-16(19)10-11-27-24)28-35(32,33)23-9-7-18(15-22(23)26)29-12-3-13-34(29,30)31/h1-2,4-11,14-15,28H,3,12-13H2. The Labute approximate surface area is 213 Å². The van der Waals surface area contributed by atoms with E-state index in [1.54, 1.807) is 24.4 Å². The van der Waals surface area contributed by atoms with Crippen LogP contribution in [-0.2, 0) is 20.0 Å². The molecule has 1 aliphatic heterocycles. The number of halogens is 2. The van der Waals surface area contributed by atoms with E-state index in [2.05, 4.69) is 9.71 Å². The van der Waals surface area contributed by atoms with Crippen molar-refractivity contribution in [3.8, 4) is 11.3 Å². The first-order chi connectivity index (χ1) is 16.7. The van der Waals surface area contributed by atoms with E-state index in [0.29, 0.717) is 34.9 Å².